The van der Waals surface area contributed by atoms with Gasteiger partial charge in [0.1, 0.15) is 0 Å². The third-order valence-electron chi connectivity index (χ3n) is 5.40. The number of hydrogen-bond acceptors (Lipinski definition) is 4. The quantitative estimate of drug-likeness (QED) is 0.901. The second kappa shape index (κ2) is 4.95. The molecule has 1 amide bonds. The number of pyridine rings is 1. The number of carbonyl (C=O) groups is 1. The number of aromatic nitrogens is 1. The van der Waals surface area contributed by atoms with E-state index < -0.39 is 0 Å². The van der Waals surface area contributed by atoms with Crippen LogP contribution in [0.4, 0.5) is 0 Å². The predicted octanol–water partition coefficient (Wildman–Crippen LogP) is 1.58. The molecule has 5 rings (SSSR count). The van der Waals surface area contributed by atoms with Crippen LogP contribution in [0.15, 0.2) is 12.3 Å². The van der Waals surface area contributed by atoms with Crippen LogP contribution in [-0.4, -0.2) is 48.1 Å². The summed E-state index contributed by atoms with van der Waals surface area (Å²) in [4.78, 5) is 19.4. The second-order valence-corrected chi connectivity index (χ2v) is 7.43. The minimum absolute atomic E-state index is 0.0527. The van der Waals surface area contributed by atoms with E-state index in [1.54, 1.807) is 6.20 Å². The lowest BCUT2D eigenvalue weighted by molar-refractivity contribution is 0.0616. The summed E-state index contributed by atoms with van der Waals surface area (Å²) in [5.74, 6) is 1.20. The number of nitrogens with zero attached hydrogens (tertiary/aromatic N) is 2. The van der Waals surface area contributed by atoms with Gasteiger partial charge in [0.2, 0.25) is 0 Å². The molecule has 0 saturated carbocycles. The number of rotatable bonds is 2. The highest BCUT2D eigenvalue weighted by Crippen LogP contribution is 2.39. The van der Waals surface area contributed by atoms with Gasteiger partial charge in [0.15, 0.2) is 11.4 Å². The van der Waals surface area contributed by atoms with E-state index in [0.717, 1.165) is 12.1 Å². The summed E-state index contributed by atoms with van der Waals surface area (Å²) in [6, 6.07) is 2.22. The van der Waals surface area contributed by atoms with Crippen molar-refractivity contribution < 1.29 is 9.53 Å². The first kappa shape index (κ1) is 14.0. The lowest BCUT2D eigenvalue weighted by Crippen LogP contribution is -2.57. The fourth-order valence-corrected chi connectivity index (χ4v) is 3.98. The van der Waals surface area contributed by atoms with Gasteiger partial charge in [0, 0.05) is 29.8 Å². The Morgan fingerprint density at radius 1 is 1.41 bits per heavy atom. The zero-order valence-corrected chi connectivity index (χ0v) is 13.3. The van der Waals surface area contributed by atoms with E-state index in [9.17, 15) is 4.79 Å². The van der Waals surface area contributed by atoms with Gasteiger partial charge in [-0.2, -0.15) is 0 Å². The molecule has 5 heteroatoms. The molecule has 0 aromatic carbocycles. The minimum atomic E-state index is -0.0895. The molecule has 22 heavy (non-hydrogen) atoms. The first-order valence-corrected chi connectivity index (χ1v) is 8.20. The average molecular weight is 301 g/mol. The molecule has 1 atom stereocenters. The molecule has 5 nitrogen and oxygen atoms in total. The van der Waals surface area contributed by atoms with Crippen LogP contribution >= 0.6 is 0 Å². The van der Waals surface area contributed by atoms with Crippen molar-refractivity contribution >= 4 is 5.91 Å². The van der Waals surface area contributed by atoms with Crippen LogP contribution < -0.4 is 10.1 Å². The van der Waals surface area contributed by atoms with E-state index in [2.05, 4.69) is 29.0 Å². The van der Waals surface area contributed by atoms with Crippen LogP contribution in [0.2, 0.25) is 0 Å². The number of fused-ring (bicyclic) bond motifs is 4. The number of piperidine rings is 3. The number of hydrogen-bond donors (Lipinski definition) is 1. The van der Waals surface area contributed by atoms with Gasteiger partial charge < -0.3 is 15.0 Å². The molecule has 1 aromatic heterocycles. The van der Waals surface area contributed by atoms with Crippen molar-refractivity contribution in [2.45, 2.75) is 38.1 Å². The monoisotopic (exact) mass is 301 g/mol. The van der Waals surface area contributed by atoms with E-state index in [4.69, 9.17) is 4.74 Å². The van der Waals surface area contributed by atoms with Crippen molar-refractivity contribution in [1.29, 1.82) is 0 Å². The molecule has 2 bridgehead atoms. The SMILES string of the molecule is CC1(C)COc2c1ccnc2C(=O)N[C@@H]1CN2CCC1CC2. The van der Waals surface area contributed by atoms with E-state index in [-0.39, 0.29) is 17.4 Å². The Morgan fingerprint density at radius 2 is 2.18 bits per heavy atom. The standard InChI is InChI=1S/C17H23N3O2/c1-17(2)10-22-15-12(17)3-6-18-14(15)16(21)19-13-9-20-7-4-11(13)5-8-20/h3,6,11,13H,4-5,7-10H2,1-2H3,(H,19,21)/t13-/m1/s1. The van der Waals surface area contributed by atoms with E-state index in [1.807, 2.05) is 6.07 Å². The highest BCUT2D eigenvalue weighted by Gasteiger charge is 2.38. The first-order valence-electron chi connectivity index (χ1n) is 8.20. The maximum absolute atomic E-state index is 12.7. The molecule has 0 aliphatic carbocycles. The Kier molecular flexibility index (Phi) is 3.15. The highest BCUT2D eigenvalue weighted by atomic mass is 16.5. The molecular formula is C17H23N3O2. The number of ether oxygens (including phenoxy) is 1. The lowest BCUT2D eigenvalue weighted by Gasteiger charge is -2.44. The predicted molar refractivity (Wildman–Crippen MR) is 83.2 cm³/mol. The summed E-state index contributed by atoms with van der Waals surface area (Å²) in [7, 11) is 0. The normalized spacial score (nSPS) is 31.5. The zero-order valence-electron chi connectivity index (χ0n) is 13.3. The van der Waals surface area contributed by atoms with Crippen LogP contribution in [0.3, 0.4) is 0 Å². The average Bonchev–Trinajstić information content (AvgIpc) is 2.84. The summed E-state index contributed by atoms with van der Waals surface area (Å²) in [5.41, 5.74) is 1.48. The van der Waals surface area contributed by atoms with Crippen molar-refractivity contribution in [2.75, 3.05) is 26.2 Å². The van der Waals surface area contributed by atoms with Gasteiger partial charge in [-0.05, 0) is 37.9 Å². The minimum Gasteiger partial charge on any atom is -0.490 e. The smallest absolute Gasteiger partial charge is 0.274 e. The van der Waals surface area contributed by atoms with Gasteiger partial charge in [-0.1, -0.05) is 13.8 Å². The molecule has 4 aliphatic heterocycles. The van der Waals surface area contributed by atoms with Crippen molar-refractivity contribution in [3.8, 4) is 5.75 Å². The topological polar surface area (TPSA) is 54.5 Å². The number of carbonyl (C=O) groups excluding carboxylic acids is 1. The second-order valence-electron chi connectivity index (χ2n) is 7.43. The Labute approximate surface area is 131 Å². The number of nitrogens with one attached hydrogen (secondary N) is 1. The molecule has 1 N–H and O–H groups in total. The Balaban J connectivity index is 1.56. The number of amides is 1. The van der Waals surface area contributed by atoms with Crippen LogP contribution in [-0.2, 0) is 5.41 Å². The first-order chi connectivity index (χ1) is 10.5. The molecule has 3 saturated heterocycles. The zero-order chi connectivity index (χ0) is 15.3. The molecule has 1 aromatic rings. The molecule has 4 aliphatic rings. The Hall–Kier alpha value is -1.62. The van der Waals surface area contributed by atoms with Gasteiger partial charge in [-0.3, -0.25) is 4.79 Å². The molecule has 118 valence electrons. The fourth-order valence-electron chi connectivity index (χ4n) is 3.98. The van der Waals surface area contributed by atoms with Crippen LogP contribution in [0.25, 0.3) is 0 Å². The van der Waals surface area contributed by atoms with Gasteiger partial charge >= 0.3 is 0 Å². The largest absolute Gasteiger partial charge is 0.490 e. The Bertz CT molecular complexity index is 606. The van der Waals surface area contributed by atoms with Gasteiger partial charge in [0.25, 0.3) is 5.91 Å². The lowest BCUT2D eigenvalue weighted by atomic mass is 9.84. The molecule has 0 unspecified atom stereocenters. The molecule has 0 spiro atoms. The van der Waals surface area contributed by atoms with Gasteiger partial charge in [-0.15, -0.1) is 0 Å². The Morgan fingerprint density at radius 3 is 2.86 bits per heavy atom. The molecule has 3 fully saturated rings. The van der Waals surface area contributed by atoms with Crippen molar-refractivity contribution in [2.24, 2.45) is 5.92 Å². The fraction of sp³-hybridized carbons (Fsp3) is 0.647. The third-order valence-corrected chi connectivity index (χ3v) is 5.40. The van der Waals surface area contributed by atoms with Crippen molar-refractivity contribution in [3.05, 3.63) is 23.5 Å². The molecular weight excluding hydrogens is 278 g/mol. The van der Waals surface area contributed by atoms with Crippen molar-refractivity contribution in [3.63, 3.8) is 0 Å². The van der Waals surface area contributed by atoms with Crippen molar-refractivity contribution in [1.82, 2.24) is 15.2 Å². The maximum atomic E-state index is 12.7. The van der Waals surface area contributed by atoms with Crippen LogP contribution in [0.1, 0.15) is 42.7 Å². The summed E-state index contributed by atoms with van der Waals surface area (Å²) < 4.78 is 5.78. The van der Waals surface area contributed by atoms with Gasteiger partial charge in [0.05, 0.1) is 6.61 Å². The third kappa shape index (κ3) is 2.19. The van der Waals surface area contributed by atoms with Gasteiger partial charge in [-0.25, -0.2) is 4.98 Å². The maximum Gasteiger partial charge on any atom is 0.274 e. The molecule has 5 heterocycles. The highest BCUT2D eigenvalue weighted by molar-refractivity contribution is 5.95. The molecule has 0 radical (unpaired) electrons. The van der Waals surface area contributed by atoms with E-state index in [0.29, 0.717) is 24.0 Å². The summed E-state index contributed by atoms with van der Waals surface area (Å²) >= 11 is 0. The van der Waals surface area contributed by atoms with E-state index >= 15 is 0 Å². The van der Waals surface area contributed by atoms with Crippen LogP contribution in [0, 0.1) is 5.92 Å². The van der Waals surface area contributed by atoms with E-state index in [1.165, 1.54) is 25.9 Å². The van der Waals surface area contributed by atoms with Crippen LogP contribution in [0.5, 0.6) is 5.75 Å². The summed E-state index contributed by atoms with van der Waals surface area (Å²) in [6.07, 6.45) is 4.10. The summed E-state index contributed by atoms with van der Waals surface area (Å²) in [6.45, 7) is 8.19. The summed E-state index contributed by atoms with van der Waals surface area (Å²) in [5, 5.41) is 3.20.